The molecule has 0 aromatic carbocycles. The number of imidazole rings is 1. The smallest absolute Gasteiger partial charge is 0.356 e. The molecule has 4 aliphatic carbocycles. The average Bonchev–Trinajstić information content (AvgIpc) is 2.68. The standard InChI is InChI=1S/C16H22N2O2/c1-10-17-14(15(19)20)8-18(10)9-16-5-11-2-12(6-16)4-13(3-11)7-16/h8,11-13H,2-7,9H2,1H3,(H,19,20). The molecule has 4 nitrogen and oxygen atoms in total. The second-order valence-corrected chi connectivity index (χ2v) is 7.52. The van der Waals surface area contributed by atoms with Gasteiger partial charge in [0.25, 0.3) is 0 Å². The molecule has 0 aliphatic heterocycles. The molecule has 4 bridgehead atoms. The summed E-state index contributed by atoms with van der Waals surface area (Å²) in [6, 6.07) is 0. The summed E-state index contributed by atoms with van der Waals surface area (Å²) in [5.74, 6) is 2.73. The summed E-state index contributed by atoms with van der Waals surface area (Å²) in [4.78, 5) is 15.2. The molecule has 4 aliphatic rings. The van der Waals surface area contributed by atoms with Gasteiger partial charge in [-0.1, -0.05) is 0 Å². The molecule has 1 heterocycles. The maximum absolute atomic E-state index is 11.1. The Balaban J connectivity index is 1.61. The summed E-state index contributed by atoms with van der Waals surface area (Å²) in [6.07, 6.45) is 10.1. The van der Waals surface area contributed by atoms with E-state index in [1.165, 1.54) is 38.5 Å². The molecular formula is C16H22N2O2. The minimum absolute atomic E-state index is 0.187. The van der Waals surface area contributed by atoms with Crippen LogP contribution < -0.4 is 0 Å². The largest absolute Gasteiger partial charge is 0.476 e. The normalized spacial score (nSPS) is 38.4. The van der Waals surface area contributed by atoms with Crippen LogP contribution in [0.4, 0.5) is 0 Å². The first-order valence-electron chi connectivity index (χ1n) is 7.80. The van der Waals surface area contributed by atoms with Gasteiger partial charge in [-0.25, -0.2) is 9.78 Å². The lowest BCUT2D eigenvalue weighted by Crippen LogP contribution is -2.47. The molecule has 0 spiro atoms. The van der Waals surface area contributed by atoms with E-state index in [0.29, 0.717) is 5.41 Å². The number of aryl methyl sites for hydroxylation is 1. The molecule has 1 aromatic rings. The Kier molecular flexibility index (Phi) is 2.54. The fourth-order valence-electron chi connectivity index (χ4n) is 5.62. The van der Waals surface area contributed by atoms with E-state index < -0.39 is 5.97 Å². The van der Waals surface area contributed by atoms with Gasteiger partial charge in [0.2, 0.25) is 0 Å². The van der Waals surface area contributed by atoms with Crippen molar-refractivity contribution in [2.45, 2.75) is 52.0 Å². The summed E-state index contributed by atoms with van der Waals surface area (Å²) in [5.41, 5.74) is 0.614. The van der Waals surface area contributed by atoms with Crippen LogP contribution in [0.1, 0.15) is 54.8 Å². The Bertz CT molecular complexity index is 526. The van der Waals surface area contributed by atoms with E-state index in [9.17, 15) is 4.79 Å². The molecule has 0 atom stereocenters. The highest BCUT2D eigenvalue weighted by molar-refractivity contribution is 5.85. The van der Waals surface area contributed by atoms with E-state index in [1.54, 1.807) is 6.20 Å². The molecule has 1 N–H and O–H groups in total. The highest BCUT2D eigenvalue weighted by Crippen LogP contribution is 2.60. The minimum atomic E-state index is -0.919. The quantitative estimate of drug-likeness (QED) is 0.921. The maximum Gasteiger partial charge on any atom is 0.356 e. The first-order valence-corrected chi connectivity index (χ1v) is 7.80. The Labute approximate surface area is 119 Å². The molecule has 4 heteroatoms. The van der Waals surface area contributed by atoms with E-state index in [2.05, 4.69) is 9.55 Å². The lowest BCUT2D eigenvalue weighted by molar-refractivity contribution is -0.0621. The molecular weight excluding hydrogens is 252 g/mol. The molecule has 0 unspecified atom stereocenters. The number of aromatic carboxylic acids is 1. The van der Waals surface area contributed by atoms with Crippen molar-refractivity contribution < 1.29 is 9.90 Å². The van der Waals surface area contributed by atoms with Gasteiger partial charge in [0.15, 0.2) is 5.69 Å². The van der Waals surface area contributed by atoms with Crippen LogP contribution in [0.3, 0.4) is 0 Å². The van der Waals surface area contributed by atoms with Gasteiger partial charge < -0.3 is 9.67 Å². The number of rotatable bonds is 3. The number of aromatic nitrogens is 2. The highest BCUT2D eigenvalue weighted by atomic mass is 16.4. The van der Waals surface area contributed by atoms with Gasteiger partial charge >= 0.3 is 5.97 Å². The number of hydrogen-bond donors (Lipinski definition) is 1. The van der Waals surface area contributed by atoms with Crippen molar-refractivity contribution in [2.75, 3.05) is 0 Å². The summed E-state index contributed by atoms with van der Waals surface area (Å²) >= 11 is 0. The second kappa shape index (κ2) is 4.09. The topological polar surface area (TPSA) is 55.1 Å². The first kappa shape index (κ1) is 12.4. The van der Waals surface area contributed by atoms with E-state index in [4.69, 9.17) is 5.11 Å². The van der Waals surface area contributed by atoms with Crippen LogP contribution in [0.2, 0.25) is 0 Å². The third-order valence-electron chi connectivity index (χ3n) is 5.87. The van der Waals surface area contributed by atoms with Crippen LogP contribution in [0.15, 0.2) is 6.20 Å². The highest BCUT2D eigenvalue weighted by Gasteiger charge is 2.50. The SMILES string of the molecule is Cc1nc(C(=O)O)cn1CC12CC3CC(CC(C3)C1)C2. The van der Waals surface area contributed by atoms with Gasteiger partial charge in [-0.3, -0.25) is 0 Å². The number of carbonyl (C=O) groups is 1. The van der Waals surface area contributed by atoms with Crippen molar-refractivity contribution in [3.63, 3.8) is 0 Å². The Morgan fingerprint density at radius 3 is 2.30 bits per heavy atom. The molecule has 20 heavy (non-hydrogen) atoms. The maximum atomic E-state index is 11.1. The number of hydrogen-bond acceptors (Lipinski definition) is 2. The van der Waals surface area contributed by atoms with Gasteiger partial charge in [0, 0.05) is 12.7 Å². The Morgan fingerprint density at radius 2 is 1.85 bits per heavy atom. The number of nitrogens with zero attached hydrogens (tertiary/aromatic N) is 2. The number of carboxylic acid groups (broad SMARTS) is 1. The van der Waals surface area contributed by atoms with Crippen LogP contribution in [0.5, 0.6) is 0 Å². The molecule has 0 radical (unpaired) electrons. The summed E-state index contributed by atoms with van der Waals surface area (Å²) in [7, 11) is 0. The summed E-state index contributed by atoms with van der Waals surface area (Å²) in [6.45, 7) is 2.90. The molecule has 108 valence electrons. The third-order valence-corrected chi connectivity index (χ3v) is 5.87. The van der Waals surface area contributed by atoms with Crippen molar-refractivity contribution >= 4 is 5.97 Å². The van der Waals surface area contributed by atoms with E-state index in [-0.39, 0.29) is 5.69 Å². The van der Waals surface area contributed by atoms with Gasteiger partial charge in [0.1, 0.15) is 5.82 Å². The summed E-state index contributed by atoms with van der Waals surface area (Å²) < 4.78 is 2.09. The predicted molar refractivity (Wildman–Crippen MR) is 74.5 cm³/mol. The third kappa shape index (κ3) is 1.88. The zero-order chi connectivity index (χ0) is 13.9. The monoisotopic (exact) mass is 274 g/mol. The Morgan fingerprint density at radius 1 is 1.30 bits per heavy atom. The fraction of sp³-hybridized carbons (Fsp3) is 0.750. The molecule has 4 saturated carbocycles. The van der Waals surface area contributed by atoms with E-state index >= 15 is 0 Å². The van der Waals surface area contributed by atoms with Gasteiger partial charge in [-0.05, 0) is 68.6 Å². The van der Waals surface area contributed by atoms with Crippen molar-refractivity contribution in [1.82, 2.24) is 9.55 Å². The summed E-state index contributed by atoms with van der Waals surface area (Å²) in [5, 5.41) is 9.08. The fourth-order valence-corrected chi connectivity index (χ4v) is 5.62. The lowest BCUT2D eigenvalue weighted by atomic mass is 9.49. The van der Waals surface area contributed by atoms with Gasteiger partial charge in [-0.15, -0.1) is 0 Å². The average molecular weight is 274 g/mol. The second-order valence-electron chi connectivity index (χ2n) is 7.52. The van der Waals surface area contributed by atoms with Crippen molar-refractivity contribution in [3.05, 3.63) is 17.7 Å². The molecule has 0 amide bonds. The molecule has 0 saturated heterocycles. The van der Waals surface area contributed by atoms with Crippen molar-refractivity contribution in [1.29, 1.82) is 0 Å². The van der Waals surface area contributed by atoms with Crippen LogP contribution in [-0.4, -0.2) is 20.6 Å². The Hall–Kier alpha value is -1.32. The van der Waals surface area contributed by atoms with Crippen LogP contribution in [-0.2, 0) is 6.54 Å². The van der Waals surface area contributed by atoms with Crippen LogP contribution in [0, 0.1) is 30.1 Å². The zero-order valence-corrected chi connectivity index (χ0v) is 12.0. The van der Waals surface area contributed by atoms with Crippen LogP contribution in [0.25, 0.3) is 0 Å². The number of carboxylic acids is 1. The predicted octanol–water partition coefficient (Wildman–Crippen LogP) is 3.11. The lowest BCUT2D eigenvalue weighted by Gasteiger charge is -2.57. The van der Waals surface area contributed by atoms with Crippen molar-refractivity contribution in [3.8, 4) is 0 Å². The molecule has 4 fully saturated rings. The van der Waals surface area contributed by atoms with Crippen LogP contribution >= 0.6 is 0 Å². The van der Waals surface area contributed by atoms with Gasteiger partial charge in [0.05, 0.1) is 0 Å². The molecule has 1 aromatic heterocycles. The van der Waals surface area contributed by atoms with Gasteiger partial charge in [-0.2, -0.15) is 0 Å². The first-order chi connectivity index (χ1) is 9.53. The van der Waals surface area contributed by atoms with E-state index in [0.717, 1.165) is 30.1 Å². The van der Waals surface area contributed by atoms with E-state index in [1.807, 2.05) is 6.92 Å². The minimum Gasteiger partial charge on any atom is -0.476 e. The van der Waals surface area contributed by atoms with Crippen molar-refractivity contribution in [2.24, 2.45) is 23.2 Å². The zero-order valence-electron chi connectivity index (χ0n) is 12.0. The molecule has 5 rings (SSSR count).